The highest BCUT2D eigenvalue weighted by Crippen LogP contribution is 2.16. The molecule has 2 N–H and O–H groups in total. The summed E-state index contributed by atoms with van der Waals surface area (Å²) in [6.45, 7) is 6.97. The quantitative estimate of drug-likeness (QED) is 0.620. The second-order valence-electron chi connectivity index (χ2n) is 4.56. The molecule has 0 aromatic heterocycles. The van der Waals surface area contributed by atoms with Crippen LogP contribution >= 0.6 is 0 Å². The van der Waals surface area contributed by atoms with Crippen LogP contribution in [0.4, 0.5) is 0 Å². The van der Waals surface area contributed by atoms with Gasteiger partial charge in [-0.25, -0.2) is 13.1 Å². The molecule has 2 atom stereocenters. The van der Waals surface area contributed by atoms with Gasteiger partial charge in [-0.05, 0) is 32.9 Å². The minimum atomic E-state index is -3.14. The number of sulfonamides is 1. The van der Waals surface area contributed by atoms with Crippen molar-refractivity contribution < 1.29 is 13.2 Å². The predicted octanol–water partition coefficient (Wildman–Crippen LogP) is 0.330. The summed E-state index contributed by atoms with van der Waals surface area (Å²) in [5.41, 5.74) is 0. The number of hydrogen-bond donors (Lipinski definition) is 2. The highest BCUT2D eigenvalue weighted by molar-refractivity contribution is 7.89. The van der Waals surface area contributed by atoms with E-state index in [1.54, 1.807) is 0 Å². The van der Waals surface area contributed by atoms with Crippen molar-refractivity contribution in [3.63, 3.8) is 0 Å². The SMILES string of the molecule is CCNCCCS(=O)(=O)NC(C)C1CCOC1. The highest BCUT2D eigenvalue weighted by atomic mass is 32.2. The zero-order valence-electron chi connectivity index (χ0n) is 10.7. The van der Waals surface area contributed by atoms with E-state index in [0.717, 1.165) is 26.1 Å². The standard InChI is InChI=1S/C11H24N2O3S/c1-3-12-6-4-8-17(14,15)13-10(2)11-5-7-16-9-11/h10-13H,3-9H2,1-2H3. The molecule has 0 aliphatic carbocycles. The fourth-order valence-electron chi connectivity index (χ4n) is 1.95. The first-order valence-electron chi connectivity index (χ1n) is 6.33. The van der Waals surface area contributed by atoms with Gasteiger partial charge in [-0.1, -0.05) is 6.92 Å². The molecule has 2 unspecified atom stereocenters. The summed E-state index contributed by atoms with van der Waals surface area (Å²) in [4.78, 5) is 0. The van der Waals surface area contributed by atoms with Crippen molar-refractivity contribution in [2.45, 2.75) is 32.7 Å². The largest absolute Gasteiger partial charge is 0.381 e. The van der Waals surface area contributed by atoms with E-state index in [-0.39, 0.29) is 11.8 Å². The van der Waals surface area contributed by atoms with Gasteiger partial charge in [0.25, 0.3) is 0 Å². The molecule has 0 radical (unpaired) electrons. The molecule has 1 aliphatic rings. The van der Waals surface area contributed by atoms with Gasteiger partial charge < -0.3 is 10.1 Å². The third kappa shape index (κ3) is 5.81. The zero-order chi connectivity index (χ0) is 12.7. The number of ether oxygens (including phenoxy) is 1. The Kier molecular flexibility index (Phi) is 6.40. The van der Waals surface area contributed by atoms with E-state index in [1.165, 1.54) is 0 Å². The molecule has 6 heteroatoms. The predicted molar refractivity (Wildman–Crippen MR) is 68.5 cm³/mol. The topological polar surface area (TPSA) is 67.4 Å². The molecule has 1 heterocycles. The average molecular weight is 264 g/mol. The summed E-state index contributed by atoms with van der Waals surface area (Å²) >= 11 is 0. The second kappa shape index (κ2) is 7.31. The fraction of sp³-hybridized carbons (Fsp3) is 1.00. The Hall–Kier alpha value is -0.170. The summed E-state index contributed by atoms with van der Waals surface area (Å²) in [5, 5.41) is 3.12. The first kappa shape index (κ1) is 14.9. The molecule has 1 fully saturated rings. The molecule has 0 aromatic rings. The lowest BCUT2D eigenvalue weighted by atomic mass is 10.0. The zero-order valence-corrected chi connectivity index (χ0v) is 11.6. The van der Waals surface area contributed by atoms with Crippen molar-refractivity contribution in [1.82, 2.24) is 10.0 Å². The van der Waals surface area contributed by atoms with Crippen LogP contribution in [0.25, 0.3) is 0 Å². The van der Waals surface area contributed by atoms with Gasteiger partial charge in [0.05, 0.1) is 12.4 Å². The molecule has 5 nitrogen and oxygen atoms in total. The third-order valence-corrected chi connectivity index (χ3v) is 4.61. The van der Waals surface area contributed by atoms with E-state index >= 15 is 0 Å². The number of nitrogens with one attached hydrogen (secondary N) is 2. The molecule has 102 valence electrons. The van der Waals surface area contributed by atoms with E-state index in [1.807, 2.05) is 13.8 Å². The lowest BCUT2D eigenvalue weighted by Gasteiger charge is -2.19. The maximum Gasteiger partial charge on any atom is 0.211 e. The van der Waals surface area contributed by atoms with E-state index in [0.29, 0.717) is 18.9 Å². The third-order valence-electron chi connectivity index (χ3n) is 3.05. The van der Waals surface area contributed by atoms with Crippen molar-refractivity contribution in [2.24, 2.45) is 5.92 Å². The Bertz CT molecular complexity index is 300. The molecule has 17 heavy (non-hydrogen) atoms. The Morgan fingerprint density at radius 3 is 2.82 bits per heavy atom. The first-order valence-corrected chi connectivity index (χ1v) is 7.99. The summed E-state index contributed by atoms with van der Waals surface area (Å²) in [6.07, 6.45) is 1.60. The van der Waals surface area contributed by atoms with Crippen LogP contribution < -0.4 is 10.0 Å². The Balaban J connectivity index is 2.27. The van der Waals surface area contributed by atoms with Crippen molar-refractivity contribution >= 4 is 10.0 Å². The molecule has 1 rings (SSSR count). The smallest absolute Gasteiger partial charge is 0.211 e. The summed E-state index contributed by atoms with van der Waals surface area (Å²) in [6, 6.07) is -0.0263. The van der Waals surface area contributed by atoms with Crippen LogP contribution in [0.5, 0.6) is 0 Å². The van der Waals surface area contributed by atoms with Crippen molar-refractivity contribution in [3.8, 4) is 0 Å². The van der Waals surface area contributed by atoms with E-state index in [2.05, 4.69) is 10.0 Å². The molecule has 0 bridgehead atoms. The van der Waals surface area contributed by atoms with E-state index in [4.69, 9.17) is 4.74 Å². The van der Waals surface area contributed by atoms with Gasteiger partial charge in [0.15, 0.2) is 0 Å². The maximum atomic E-state index is 11.8. The van der Waals surface area contributed by atoms with E-state index < -0.39 is 10.0 Å². The molecular formula is C11H24N2O3S. The second-order valence-corrected chi connectivity index (χ2v) is 6.43. The van der Waals surface area contributed by atoms with Crippen LogP contribution in [0.3, 0.4) is 0 Å². The van der Waals surface area contributed by atoms with Gasteiger partial charge in [0.2, 0.25) is 10.0 Å². The Labute approximate surface area is 104 Å². The molecule has 1 saturated heterocycles. The lowest BCUT2D eigenvalue weighted by Crippen LogP contribution is -2.40. The van der Waals surface area contributed by atoms with Gasteiger partial charge in [-0.3, -0.25) is 0 Å². The number of rotatable bonds is 8. The van der Waals surface area contributed by atoms with Crippen molar-refractivity contribution in [3.05, 3.63) is 0 Å². The van der Waals surface area contributed by atoms with E-state index in [9.17, 15) is 8.42 Å². The van der Waals surface area contributed by atoms with Gasteiger partial charge in [0, 0.05) is 18.6 Å². The minimum absolute atomic E-state index is 0.0263. The van der Waals surface area contributed by atoms with Crippen LogP contribution in [0.1, 0.15) is 26.7 Å². The van der Waals surface area contributed by atoms with Gasteiger partial charge >= 0.3 is 0 Å². The minimum Gasteiger partial charge on any atom is -0.381 e. The normalized spacial score (nSPS) is 22.8. The maximum absolute atomic E-state index is 11.8. The molecule has 0 aromatic carbocycles. The van der Waals surface area contributed by atoms with Gasteiger partial charge in [-0.2, -0.15) is 0 Å². The Morgan fingerprint density at radius 1 is 1.47 bits per heavy atom. The van der Waals surface area contributed by atoms with Crippen molar-refractivity contribution in [2.75, 3.05) is 32.1 Å². The van der Waals surface area contributed by atoms with Crippen LogP contribution in [-0.4, -0.2) is 46.5 Å². The Morgan fingerprint density at radius 2 is 2.24 bits per heavy atom. The van der Waals surface area contributed by atoms with Gasteiger partial charge in [-0.15, -0.1) is 0 Å². The van der Waals surface area contributed by atoms with Crippen molar-refractivity contribution in [1.29, 1.82) is 0 Å². The van der Waals surface area contributed by atoms with Crippen LogP contribution in [0.15, 0.2) is 0 Å². The molecule has 0 spiro atoms. The average Bonchev–Trinajstić information content (AvgIpc) is 2.77. The molecule has 1 aliphatic heterocycles. The summed E-state index contributed by atoms with van der Waals surface area (Å²) < 4.78 is 31.6. The molecular weight excluding hydrogens is 240 g/mol. The highest BCUT2D eigenvalue weighted by Gasteiger charge is 2.25. The van der Waals surface area contributed by atoms with Gasteiger partial charge in [0.1, 0.15) is 0 Å². The monoisotopic (exact) mass is 264 g/mol. The fourth-order valence-corrected chi connectivity index (χ4v) is 3.35. The van der Waals surface area contributed by atoms with Crippen LogP contribution in [-0.2, 0) is 14.8 Å². The van der Waals surface area contributed by atoms with Crippen LogP contribution in [0.2, 0.25) is 0 Å². The summed E-state index contributed by atoms with van der Waals surface area (Å²) in [7, 11) is -3.14. The summed E-state index contributed by atoms with van der Waals surface area (Å²) in [5.74, 6) is 0.510. The lowest BCUT2D eigenvalue weighted by molar-refractivity contribution is 0.180. The van der Waals surface area contributed by atoms with Crippen LogP contribution in [0, 0.1) is 5.92 Å². The first-order chi connectivity index (χ1) is 8.05. The molecule has 0 amide bonds. The molecule has 0 saturated carbocycles. The number of hydrogen-bond acceptors (Lipinski definition) is 4.